The number of primary amides is 1. The third kappa shape index (κ3) is 3.04. The van der Waals surface area contributed by atoms with Gasteiger partial charge in [0.2, 0.25) is 5.91 Å². The van der Waals surface area contributed by atoms with Crippen LogP contribution in [0.15, 0.2) is 5.16 Å². The first kappa shape index (κ1) is 15.5. The van der Waals surface area contributed by atoms with Crippen LogP contribution < -0.4 is 11.5 Å². The van der Waals surface area contributed by atoms with Crippen molar-refractivity contribution >= 4 is 45.0 Å². The van der Waals surface area contributed by atoms with E-state index in [1.165, 1.54) is 22.2 Å². The summed E-state index contributed by atoms with van der Waals surface area (Å²) in [5, 5.41) is 1.45. The normalized spacial score (nSPS) is 17.6. The quantitative estimate of drug-likeness (QED) is 0.639. The molecule has 0 aliphatic carbocycles. The molecule has 0 unspecified atom stereocenters. The van der Waals surface area contributed by atoms with E-state index in [4.69, 9.17) is 16.2 Å². The standard InChI is InChI=1S/C14H18N4O2S2/c1-2-3-7-4-8-9(5-20-7)22-13-11(8)12(16)17-14(18-13)21-6-10(15)19/h7H,2-6H2,1H3,(H2,15,19)(H2,16,17,18)/t7-/m1/s1. The highest BCUT2D eigenvalue weighted by Gasteiger charge is 2.25. The van der Waals surface area contributed by atoms with Crippen molar-refractivity contribution in [1.29, 1.82) is 0 Å². The molecule has 0 fully saturated rings. The first-order chi connectivity index (χ1) is 10.6. The van der Waals surface area contributed by atoms with Crippen LogP contribution in [0.3, 0.4) is 0 Å². The van der Waals surface area contributed by atoms with Gasteiger partial charge >= 0.3 is 0 Å². The van der Waals surface area contributed by atoms with E-state index in [-0.39, 0.29) is 11.9 Å². The van der Waals surface area contributed by atoms with Gasteiger partial charge in [0.15, 0.2) is 5.16 Å². The Balaban J connectivity index is 1.95. The molecule has 2 aromatic heterocycles. The second-order valence-electron chi connectivity index (χ2n) is 5.26. The maximum Gasteiger partial charge on any atom is 0.227 e. The third-order valence-electron chi connectivity index (χ3n) is 3.58. The molecule has 22 heavy (non-hydrogen) atoms. The number of hydrogen-bond acceptors (Lipinski definition) is 7. The van der Waals surface area contributed by atoms with Crippen molar-refractivity contribution in [2.24, 2.45) is 5.73 Å². The Morgan fingerprint density at radius 1 is 1.50 bits per heavy atom. The zero-order valence-corrected chi connectivity index (χ0v) is 13.9. The smallest absolute Gasteiger partial charge is 0.227 e. The topological polar surface area (TPSA) is 104 Å². The lowest BCUT2D eigenvalue weighted by molar-refractivity contribution is -0.115. The molecule has 0 saturated carbocycles. The number of ether oxygens (including phenoxy) is 1. The number of nitrogen functional groups attached to an aromatic ring is 1. The SMILES string of the molecule is CCC[C@@H]1Cc2c(sc3nc(SCC(N)=O)nc(N)c23)CO1. The highest BCUT2D eigenvalue weighted by Crippen LogP contribution is 2.38. The van der Waals surface area contributed by atoms with Crippen LogP contribution in [0.5, 0.6) is 0 Å². The molecule has 1 amide bonds. The van der Waals surface area contributed by atoms with Gasteiger partial charge in [-0.25, -0.2) is 9.97 Å². The summed E-state index contributed by atoms with van der Waals surface area (Å²) in [5.74, 6) is 0.234. The van der Waals surface area contributed by atoms with Gasteiger partial charge in [0.1, 0.15) is 10.6 Å². The number of nitrogens with two attached hydrogens (primary N) is 2. The maximum atomic E-state index is 10.9. The number of carbonyl (C=O) groups is 1. The van der Waals surface area contributed by atoms with Crippen molar-refractivity contribution in [3.63, 3.8) is 0 Å². The highest BCUT2D eigenvalue weighted by molar-refractivity contribution is 7.99. The van der Waals surface area contributed by atoms with E-state index in [1.807, 2.05) is 0 Å². The van der Waals surface area contributed by atoms with Gasteiger partial charge in [-0.15, -0.1) is 11.3 Å². The van der Waals surface area contributed by atoms with Crippen molar-refractivity contribution in [2.45, 2.75) is 44.1 Å². The minimum absolute atomic E-state index is 0.151. The van der Waals surface area contributed by atoms with Crippen molar-refractivity contribution in [2.75, 3.05) is 11.5 Å². The molecule has 1 aliphatic rings. The Kier molecular flexibility index (Phi) is 4.51. The summed E-state index contributed by atoms with van der Waals surface area (Å²) in [5.41, 5.74) is 12.5. The molecule has 8 heteroatoms. The molecule has 0 aromatic carbocycles. The molecule has 0 bridgehead atoms. The van der Waals surface area contributed by atoms with Crippen LogP contribution in [0.4, 0.5) is 5.82 Å². The van der Waals surface area contributed by atoms with Crippen molar-refractivity contribution in [3.8, 4) is 0 Å². The largest absolute Gasteiger partial charge is 0.383 e. The van der Waals surface area contributed by atoms with Gasteiger partial charge in [-0.1, -0.05) is 25.1 Å². The van der Waals surface area contributed by atoms with E-state index in [9.17, 15) is 4.79 Å². The monoisotopic (exact) mass is 338 g/mol. The molecule has 0 saturated heterocycles. The second kappa shape index (κ2) is 6.39. The van der Waals surface area contributed by atoms with Crippen LogP contribution in [0.1, 0.15) is 30.2 Å². The minimum Gasteiger partial charge on any atom is -0.383 e. The number of fused-ring (bicyclic) bond motifs is 3. The van der Waals surface area contributed by atoms with Crippen LogP contribution >= 0.6 is 23.1 Å². The number of amides is 1. The Morgan fingerprint density at radius 3 is 3.05 bits per heavy atom. The molecule has 1 aliphatic heterocycles. The minimum atomic E-state index is -0.395. The first-order valence-electron chi connectivity index (χ1n) is 7.19. The molecule has 118 valence electrons. The Hall–Kier alpha value is -1.38. The van der Waals surface area contributed by atoms with Gasteiger partial charge in [-0.05, 0) is 12.0 Å². The molecule has 0 radical (unpaired) electrons. The zero-order chi connectivity index (χ0) is 15.7. The average Bonchev–Trinajstić information content (AvgIpc) is 2.83. The molecule has 6 nitrogen and oxygen atoms in total. The van der Waals surface area contributed by atoms with Crippen LogP contribution in [-0.2, 0) is 22.6 Å². The number of aromatic nitrogens is 2. The van der Waals surface area contributed by atoms with Crippen LogP contribution in [0.2, 0.25) is 0 Å². The number of carbonyl (C=O) groups excluding carboxylic acids is 1. The van der Waals surface area contributed by atoms with E-state index in [2.05, 4.69) is 16.9 Å². The van der Waals surface area contributed by atoms with E-state index in [0.717, 1.165) is 29.5 Å². The molecular weight excluding hydrogens is 320 g/mol. The third-order valence-corrected chi connectivity index (χ3v) is 5.55. The predicted octanol–water partition coefficient (Wildman–Crippen LogP) is 2.09. The van der Waals surface area contributed by atoms with Gasteiger partial charge < -0.3 is 16.2 Å². The Morgan fingerprint density at radius 2 is 2.32 bits per heavy atom. The molecule has 3 rings (SSSR count). The number of anilines is 1. The molecule has 1 atom stereocenters. The summed E-state index contributed by atoms with van der Waals surface area (Å²) in [7, 11) is 0. The number of hydrogen-bond donors (Lipinski definition) is 2. The van der Waals surface area contributed by atoms with E-state index in [1.54, 1.807) is 11.3 Å². The molecule has 4 N–H and O–H groups in total. The number of rotatable bonds is 5. The number of thiophene rings is 1. The fraction of sp³-hybridized carbons (Fsp3) is 0.500. The van der Waals surface area contributed by atoms with Crippen molar-refractivity contribution in [1.82, 2.24) is 9.97 Å². The van der Waals surface area contributed by atoms with Gasteiger partial charge in [-0.3, -0.25) is 4.79 Å². The Bertz CT molecular complexity index is 716. The van der Waals surface area contributed by atoms with Crippen molar-refractivity contribution < 1.29 is 9.53 Å². The van der Waals surface area contributed by atoms with E-state index in [0.29, 0.717) is 17.6 Å². The first-order valence-corrected chi connectivity index (χ1v) is 8.99. The van der Waals surface area contributed by atoms with Crippen molar-refractivity contribution in [3.05, 3.63) is 10.4 Å². The van der Waals surface area contributed by atoms with Crippen LogP contribution in [0, 0.1) is 0 Å². The summed E-state index contributed by atoms with van der Waals surface area (Å²) < 4.78 is 5.88. The second-order valence-corrected chi connectivity index (χ2v) is 7.28. The number of nitrogens with zero attached hydrogens (tertiary/aromatic N) is 2. The highest BCUT2D eigenvalue weighted by atomic mass is 32.2. The van der Waals surface area contributed by atoms with Gasteiger partial charge in [0.25, 0.3) is 0 Å². The summed E-state index contributed by atoms with van der Waals surface area (Å²) in [6.07, 6.45) is 3.26. The number of thioether (sulfide) groups is 1. The average molecular weight is 338 g/mol. The summed E-state index contributed by atoms with van der Waals surface area (Å²) in [6, 6.07) is 0. The maximum absolute atomic E-state index is 10.9. The van der Waals surface area contributed by atoms with Gasteiger partial charge in [-0.2, -0.15) is 0 Å². The molecule has 0 spiro atoms. The zero-order valence-electron chi connectivity index (χ0n) is 12.3. The van der Waals surface area contributed by atoms with E-state index < -0.39 is 5.91 Å². The summed E-state index contributed by atoms with van der Waals surface area (Å²) >= 11 is 2.81. The molecular formula is C14H18N4O2S2. The van der Waals surface area contributed by atoms with Gasteiger partial charge in [0, 0.05) is 11.3 Å². The fourth-order valence-electron chi connectivity index (χ4n) is 2.63. The molecule has 2 aromatic rings. The fourth-order valence-corrected chi connectivity index (χ4v) is 4.41. The van der Waals surface area contributed by atoms with Crippen LogP contribution in [0.25, 0.3) is 10.2 Å². The lowest BCUT2D eigenvalue weighted by Crippen LogP contribution is -2.21. The van der Waals surface area contributed by atoms with Gasteiger partial charge in [0.05, 0.1) is 23.8 Å². The molecule has 3 heterocycles. The Labute approximate surface area is 136 Å². The lowest BCUT2D eigenvalue weighted by atomic mass is 10.0. The van der Waals surface area contributed by atoms with Crippen LogP contribution in [-0.4, -0.2) is 27.7 Å². The lowest BCUT2D eigenvalue weighted by Gasteiger charge is -2.22. The summed E-state index contributed by atoms with van der Waals surface area (Å²) in [6.45, 7) is 2.77. The predicted molar refractivity (Wildman–Crippen MR) is 88.9 cm³/mol. The summed E-state index contributed by atoms with van der Waals surface area (Å²) in [4.78, 5) is 21.7. The van der Waals surface area contributed by atoms with E-state index >= 15 is 0 Å².